The molecule has 5 nitrogen and oxygen atoms in total. The van der Waals surface area contributed by atoms with Gasteiger partial charge in [-0.25, -0.2) is 9.18 Å². The van der Waals surface area contributed by atoms with Crippen molar-refractivity contribution in [3.05, 3.63) is 52.3 Å². The smallest absolute Gasteiger partial charge is 0.407 e. The Kier molecular flexibility index (Phi) is 5.78. The zero-order chi connectivity index (χ0) is 23.3. The van der Waals surface area contributed by atoms with Crippen LogP contribution in [0.4, 0.5) is 9.18 Å². The fourth-order valence-electron chi connectivity index (χ4n) is 5.72. The molecule has 1 aliphatic carbocycles. The first-order chi connectivity index (χ1) is 15.7. The van der Waals surface area contributed by atoms with Gasteiger partial charge < -0.3 is 14.8 Å². The summed E-state index contributed by atoms with van der Waals surface area (Å²) in [6, 6.07) is 8.30. The number of hydrogen-bond donors (Lipinski definition) is 1. The van der Waals surface area contributed by atoms with E-state index in [4.69, 9.17) is 21.1 Å². The van der Waals surface area contributed by atoms with Crippen LogP contribution in [0, 0.1) is 17.2 Å². The monoisotopic (exact) mass is 472 g/mol. The Labute approximate surface area is 199 Å². The van der Waals surface area contributed by atoms with Gasteiger partial charge in [-0.15, -0.1) is 0 Å². The molecule has 2 aromatic carbocycles. The molecule has 2 atom stereocenters. The number of carbonyl (C=O) groups excluding carboxylic acids is 1. The lowest BCUT2D eigenvalue weighted by Crippen LogP contribution is -2.53. The molecule has 3 heterocycles. The van der Waals surface area contributed by atoms with Crippen molar-refractivity contribution in [2.45, 2.75) is 45.3 Å². The maximum absolute atomic E-state index is 15.3. The highest BCUT2D eigenvalue weighted by atomic mass is 35.5. The molecule has 6 rings (SSSR count). The van der Waals surface area contributed by atoms with Crippen molar-refractivity contribution in [3.8, 4) is 16.9 Å². The molecule has 176 valence electrons. The van der Waals surface area contributed by atoms with E-state index >= 15 is 4.39 Å². The summed E-state index contributed by atoms with van der Waals surface area (Å²) in [6.07, 6.45) is 2.40. The molecule has 33 heavy (non-hydrogen) atoms. The van der Waals surface area contributed by atoms with Crippen molar-refractivity contribution in [1.29, 1.82) is 0 Å². The Morgan fingerprint density at radius 1 is 1.18 bits per heavy atom. The van der Waals surface area contributed by atoms with Gasteiger partial charge >= 0.3 is 6.09 Å². The Morgan fingerprint density at radius 3 is 2.58 bits per heavy atom. The van der Waals surface area contributed by atoms with Crippen LogP contribution in [0.25, 0.3) is 11.1 Å². The van der Waals surface area contributed by atoms with Crippen molar-refractivity contribution in [3.63, 3.8) is 0 Å². The first-order valence-electron chi connectivity index (χ1n) is 11.6. The lowest BCUT2D eigenvalue weighted by Gasteiger charge is -2.44. The molecule has 2 bridgehead atoms. The number of halogens is 2. The molecule has 3 aliphatic heterocycles. The van der Waals surface area contributed by atoms with Crippen LogP contribution in [-0.2, 0) is 11.2 Å². The Bertz CT molecular complexity index is 1080. The highest BCUT2D eigenvalue weighted by Gasteiger charge is 2.42. The van der Waals surface area contributed by atoms with Crippen molar-refractivity contribution in [2.75, 3.05) is 26.7 Å². The summed E-state index contributed by atoms with van der Waals surface area (Å²) in [4.78, 5) is 15.2. The second-order valence-electron chi connectivity index (χ2n) is 10.2. The van der Waals surface area contributed by atoms with Crippen LogP contribution in [0.3, 0.4) is 0 Å². The van der Waals surface area contributed by atoms with Gasteiger partial charge in [0.1, 0.15) is 17.7 Å². The Morgan fingerprint density at radius 2 is 1.94 bits per heavy atom. The zero-order valence-corrected chi connectivity index (χ0v) is 20.0. The third-order valence-corrected chi connectivity index (χ3v) is 7.86. The minimum absolute atomic E-state index is 0.0622. The molecule has 4 aliphatic rings. The van der Waals surface area contributed by atoms with Crippen LogP contribution in [0.5, 0.6) is 5.75 Å². The average molecular weight is 473 g/mol. The molecular weight excluding hydrogens is 443 g/mol. The van der Waals surface area contributed by atoms with Gasteiger partial charge in [0.25, 0.3) is 0 Å². The maximum Gasteiger partial charge on any atom is 0.407 e. The van der Waals surface area contributed by atoms with Crippen molar-refractivity contribution < 1.29 is 18.7 Å². The molecule has 1 N–H and O–H groups in total. The van der Waals surface area contributed by atoms with Gasteiger partial charge in [-0.2, -0.15) is 0 Å². The third kappa shape index (κ3) is 4.19. The number of amides is 1. The number of benzene rings is 2. The standard InChI is InChI=1S/C26H30ClFN2O3/c1-26(2)13-16-10-20(18-5-4-17(32-3)11-21(18)27)22(28)12-19(16)24(26)29-25(31)33-23-14-30-8-6-15(23)7-9-30/h4-5,10-12,15,23-24H,6-9,13-14H2,1-3H3,(H,29,31)/t23-,24-/m0/s1. The summed E-state index contributed by atoms with van der Waals surface area (Å²) < 4.78 is 26.3. The van der Waals surface area contributed by atoms with Gasteiger partial charge in [0, 0.05) is 17.7 Å². The molecule has 0 aromatic heterocycles. The summed E-state index contributed by atoms with van der Waals surface area (Å²) in [5, 5.41) is 3.49. The van der Waals surface area contributed by atoms with Gasteiger partial charge in [-0.3, -0.25) is 4.90 Å². The minimum atomic E-state index is -0.414. The van der Waals surface area contributed by atoms with E-state index in [2.05, 4.69) is 24.1 Å². The molecule has 0 saturated carbocycles. The van der Waals surface area contributed by atoms with E-state index in [1.807, 2.05) is 6.07 Å². The number of carbonyl (C=O) groups is 1. The number of piperidine rings is 3. The maximum atomic E-state index is 15.3. The van der Waals surface area contributed by atoms with E-state index in [1.165, 1.54) is 0 Å². The van der Waals surface area contributed by atoms with Crippen LogP contribution in [0.2, 0.25) is 5.02 Å². The van der Waals surface area contributed by atoms with Gasteiger partial charge in [-0.1, -0.05) is 25.4 Å². The highest BCUT2D eigenvalue weighted by molar-refractivity contribution is 6.33. The number of fused-ring (bicyclic) bond motifs is 4. The van der Waals surface area contributed by atoms with E-state index < -0.39 is 6.09 Å². The Balaban J connectivity index is 1.38. The average Bonchev–Trinajstić information content (AvgIpc) is 3.03. The van der Waals surface area contributed by atoms with Crippen molar-refractivity contribution in [1.82, 2.24) is 10.2 Å². The quantitative estimate of drug-likeness (QED) is 0.629. The second-order valence-corrected chi connectivity index (χ2v) is 10.6. The molecule has 3 saturated heterocycles. The van der Waals surface area contributed by atoms with Crippen molar-refractivity contribution in [2.24, 2.45) is 11.3 Å². The number of nitrogens with zero attached hydrogens (tertiary/aromatic N) is 1. The van der Waals surface area contributed by atoms with Crippen LogP contribution in [0.15, 0.2) is 30.3 Å². The first-order valence-corrected chi connectivity index (χ1v) is 12.0. The van der Waals surface area contributed by atoms with E-state index in [0.717, 1.165) is 43.6 Å². The molecule has 0 radical (unpaired) electrons. The second kappa shape index (κ2) is 8.48. The van der Waals surface area contributed by atoms with E-state index in [9.17, 15) is 4.79 Å². The SMILES string of the molecule is COc1ccc(-c2cc3c(cc2F)[C@H](NC(=O)O[C@H]2CN4CCC2CC4)C(C)(C)C3)c(Cl)c1. The van der Waals surface area contributed by atoms with E-state index in [-0.39, 0.29) is 23.4 Å². The molecule has 2 aromatic rings. The molecule has 0 unspecified atom stereocenters. The first kappa shape index (κ1) is 22.5. The van der Waals surface area contributed by atoms with Gasteiger partial charge in [0.2, 0.25) is 0 Å². The summed E-state index contributed by atoms with van der Waals surface area (Å²) in [5.41, 5.74) is 2.61. The van der Waals surface area contributed by atoms with Crippen LogP contribution >= 0.6 is 11.6 Å². The number of ether oxygens (including phenoxy) is 2. The number of methoxy groups -OCH3 is 1. The molecular formula is C26H30ClFN2O3. The predicted octanol–water partition coefficient (Wildman–Crippen LogP) is 5.60. The molecule has 0 spiro atoms. The van der Waals surface area contributed by atoms with Gasteiger partial charge in [0.05, 0.1) is 18.2 Å². The summed E-state index contributed by atoms with van der Waals surface area (Å²) in [6.45, 7) is 7.17. The number of hydrogen-bond acceptors (Lipinski definition) is 4. The number of alkyl carbamates (subject to hydrolysis) is 1. The van der Waals surface area contributed by atoms with Crippen LogP contribution in [-0.4, -0.2) is 43.8 Å². The molecule has 1 amide bonds. The van der Waals surface area contributed by atoms with E-state index in [1.54, 1.807) is 31.4 Å². The minimum Gasteiger partial charge on any atom is -0.497 e. The lowest BCUT2D eigenvalue weighted by molar-refractivity contribution is -0.0349. The number of nitrogens with one attached hydrogen (secondary N) is 1. The highest BCUT2D eigenvalue weighted by Crippen LogP contribution is 2.47. The molecule has 3 fully saturated rings. The molecule has 7 heteroatoms. The largest absolute Gasteiger partial charge is 0.497 e. The van der Waals surface area contributed by atoms with Gasteiger partial charge in [-0.05, 0) is 85.1 Å². The zero-order valence-electron chi connectivity index (χ0n) is 19.3. The third-order valence-electron chi connectivity index (χ3n) is 7.55. The predicted molar refractivity (Wildman–Crippen MR) is 126 cm³/mol. The van der Waals surface area contributed by atoms with Crippen LogP contribution in [0.1, 0.15) is 43.9 Å². The van der Waals surface area contributed by atoms with E-state index in [0.29, 0.717) is 34.2 Å². The lowest BCUT2D eigenvalue weighted by atomic mass is 9.85. The Hall–Kier alpha value is -2.31. The normalized spacial score (nSPS) is 27.2. The number of rotatable bonds is 4. The van der Waals surface area contributed by atoms with Crippen molar-refractivity contribution >= 4 is 17.7 Å². The summed E-state index contributed by atoms with van der Waals surface area (Å²) in [7, 11) is 1.57. The summed E-state index contributed by atoms with van der Waals surface area (Å²) >= 11 is 6.41. The van der Waals surface area contributed by atoms with Crippen LogP contribution < -0.4 is 10.1 Å². The van der Waals surface area contributed by atoms with Gasteiger partial charge in [0.15, 0.2) is 0 Å². The fraction of sp³-hybridized carbons (Fsp3) is 0.500. The summed E-state index contributed by atoms with van der Waals surface area (Å²) in [5.74, 6) is 0.701. The topological polar surface area (TPSA) is 50.8 Å². The fourth-order valence-corrected chi connectivity index (χ4v) is 6.00.